The van der Waals surface area contributed by atoms with Crippen LogP contribution in [-0.2, 0) is 11.8 Å². The van der Waals surface area contributed by atoms with Gasteiger partial charge in [0.05, 0.1) is 17.3 Å². The Balaban J connectivity index is 1.56. The second-order valence-electron chi connectivity index (χ2n) is 8.41. The van der Waals surface area contributed by atoms with Crippen LogP contribution in [0, 0.1) is 5.82 Å². The standard InChI is InChI=1S/C27H23ClFN3O3/c1-17-16-31(10-11-35-17)21-5-3-4-18(12-21)22-14-20(29)15-23(26(22)33)19-6-7-25(24(28)13-19)32-9-8-30(2)27(32)34/h3-9,12-16,33H,10-11H2,1-2H3. The molecule has 0 bridgehead atoms. The first-order valence-electron chi connectivity index (χ1n) is 11.1. The summed E-state index contributed by atoms with van der Waals surface area (Å²) in [5.74, 6) is 0.272. The first-order chi connectivity index (χ1) is 16.8. The van der Waals surface area contributed by atoms with Crippen LogP contribution in [0.1, 0.15) is 6.92 Å². The largest absolute Gasteiger partial charge is 0.507 e. The van der Waals surface area contributed by atoms with E-state index in [1.807, 2.05) is 37.4 Å². The summed E-state index contributed by atoms with van der Waals surface area (Å²) in [7, 11) is 1.65. The van der Waals surface area contributed by atoms with Gasteiger partial charge in [-0.3, -0.25) is 4.57 Å². The quantitative estimate of drug-likeness (QED) is 0.397. The second kappa shape index (κ2) is 9.00. The molecule has 4 aromatic rings. The van der Waals surface area contributed by atoms with Crippen molar-refractivity contribution in [2.75, 3.05) is 18.1 Å². The van der Waals surface area contributed by atoms with Gasteiger partial charge in [0.15, 0.2) is 0 Å². The van der Waals surface area contributed by atoms with Crippen molar-refractivity contribution in [2.45, 2.75) is 6.92 Å². The number of phenols is 1. The molecule has 1 aliphatic heterocycles. The highest BCUT2D eigenvalue weighted by Crippen LogP contribution is 2.41. The van der Waals surface area contributed by atoms with Gasteiger partial charge in [0.2, 0.25) is 0 Å². The fourth-order valence-electron chi connectivity index (χ4n) is 4.24. The predicted molar refractivity (Wildman–Crippen MR) is 136 cm³/mol. The van der Waals surface area contributed by atoms with Crippen LogP contribution in [0.2, 0.25) is 5.02 Å². The smallest absolute Gasteiger partial charge is 0.332 e. The lowest BCUT2D eigenvalue weighted by Crippen LogP contribution is -2.26. The van der Waals surface area contributed by atoms with Crippen LogP contribution < -0.4 is 10.6 Å². The van der Waals surface area contributed by atoms with Crippen LogP contribution in [0.4, 0.5) is 10.1 Å². The number of hydrogen-bond donors (Lipinski definition) is 1. The van der Waals surface area contributed by atoms with Gasteiger partial charge >= 0.3 is 5.69 Å². The first kappa shape index (κ1) is 22.8. The molecule has 1 N–H and O–H groups in total. The van der Waals surface area contributed by atoms with Crippen LogP contribution in [0.5, 0.6) is 5.75 Å². The van der Waals surface area contributed by atoms with E-state index < -0.39 is 5.82 Å². The SMILES string of the molecule is CC1=CN(c2cccc(-c3cc(F)cc(-c4ccc(-n5ccn(C)c5=O)c(Cl)c4)c3O)c2)CCO1. The van der Waals surface area contributed by atoms with Crippen molar-refractivity contribution in [1.82, 2.24) is 9.13 Å². The summed E-state index contributed by atoms with van der Waals surface area (Å²) < 4.78 is 23.1. The summed E-state index contributed by atoms with van der Waals surface area (Å²) in [5.41, 5.74) is 3.06. The van der Waals surface area contributed by atoms with Crippen molar-refractivity contribution in [2.24, 2.45) is 7.05 Å². The van der Waals surface area contributed by atoms with Crippen molar-refractivity contribution in [3.8, 4) is 33.7 Å². The number of hydrogen-bond acceptors (Lipinski definition) is 4. The third-order valence-corrected chi connectivity index (χ3v) is 6.33. The average molecular weight is 492 g/mol. The Morgan fingerprint density at radius 1 is 1.03 bits per heavy atom. The molecule has 0 aliphatic carbocycles. The molecule has 5 rings (SSSR count). The zero-order valence-corrected chi connectivity index (χ0v) is 20.0. The van der Waals surface area contributed by atoms with Crippen LogP contribution in [-0.4, -0.2) is 27.4 Å². The zero-order valence-electron chi connectivity index (χ0n) is 19.2. The molecule has 3 aromatic carbocycles. The first-order valence-corrected chi connectivity index (χ1v) is 11.4. The van der Waals surface area contributed by atoms with E-state index in [1.54, 1.807) is 37.6 Å². The van der Waals surface area contributed by atoms with E-state index in [0.717, 1.165) is 11.4 Å². The zero-order chi connectivity index (χ0) is 24.7. The summed E-state index contributed by atoms with van der Waals surface area (Å²) in [6.07, 6.45) is 5.18. The molecule has 8 heteroatoms. The van der Waals surface area contributed by atoms with E-state index in [-0.39, 0.29) is 11.4 Å². The average Bonchev–Trinajstić information content (AvgIpc) is 3.18. The molecule has 6 nitrogen and oxygen atoms in total. The number of benzene rings is 3. The molecule has 0 fully saturated rings. The summed E-state index contributed by atoms with van der Waals surface area (Å²) >= 11 is 6.50. The fraction of sp³-hybridized carbons (Fsp3) is 0.148. The number of imidazole rings is 1. The molecule has 0 spiro atoms. The summed E-state index contributed by atoms with van der Waals surface area (Å²) in [6.45, 7) is 3.16. The molecule has 0 atom stereocenters. The van der Waals surface area contributed by atoms with E-state index in [0.29, 0.717) is 46.1 Å². The Bertz CT molecular complexity index is 1520. The number of aromatic hydroxyl groups is 1. The molecule has 1 aliphatic rings. The molecule has 178 valence electrons. The number of phenolic OH excluding ortho intramolecular Hbond substituents is 1. The molecule has 1 aromatic heterocycles. The minimum atomic E-state index is -0.486. The van der Waals surface area contributed by atoms with Crippen LogP contribution >= 0.6 is 11.6 Å². The van der Waals surface area contributed by atoms with Crippen LogP contribution in [0.15, 0.2) is 83.7 Å². The van der Waals surface area contributed by atoms with E-state index in [4.69, 9.17) is 16.3 Å². The third kappa shape index (κ3) is 4.31. The fourth-order valence-corrected chi connectivity index (χ4v) is 4.51. The molecule has 0 radical (unpaired) electrons. The highest BCUT2D eigenvalue weighted by Gasteiger charge is 2.17. The number of nitrogens with zero attached hydrogens (tertiary/aromatic N) is 3. The topological polar surface area (TPSA) is 59.6 Å². The number of rotatable bonds is 4. The van der Waals surface area contributed by atoms with Crippen molar-refractivity contribution in [1.29, 1.82) is 0 Å². The van der Waals surface area contributed by atoms with E-state index in [9.17, 15) is 14.3 Å². The number of aromatic nitrogens is 2. The maximum absolute atomic E-state index is 14.8. The highest BCUT2D eigenvalue weighted by atomic mass is 35.5. The van der Waals surface area contributed by atoms with Gasteiger partial charge in [0.25, 0.3) is 0 Å². The van der Waals surface area contributed by atoms with Gasteiger partial charge in [-0.25, -0.2) is 9.18 Å². The Labute approximate surface area is 206 Å². The van der Waals surface area contributed by atoms with E-state index in [2.05, 4.69) is 4.90 Å². The predicted octanol–water partition coefficient (Wildman–Crippen LogP) is 5.71. The molecule has 2 heterocycles. The summed E-state index contributed by atoms with van der Waals surface area (Å²) in [4.78, 5) is 14.4. The Kier molecular flexibility index (Phi) is 5.86. The Hall–Kier alpha value is -3.97. The van der Waals surface area contributed by atoms with Gasteiger partial charge in [-0.2, -0.15) is 0 Å². The third-order valence-electron chi connectivity index (χ3n) is 6.03. The highest BCUT2D eigenvalue weighted by molar-refractivity contribution is 6.32. The number of anilines is 1. The molecular formula is C27H23ClFN3O3. The van der Waals surface area contributed by atoms with Gasteiger partial charge in [-0.1, -0.05) is 29.8 Å². The Morgan fingerprint density at radius 2 is 1.77 bits per heavy atom. The molecule has 0 saturated heterocycles. The Morgan fingerprint density at radius 3 is 2.43 bits per heavy atom. The van der Waals surface area contributed by atoms with Crippen LogP contribution in [0.3, 0.4) is 0 Å². The molecule has 0 saturated carbocycles. The van der Waals surface area contributed by atoms with Gasteiger partial charge in [0.1, 0.15) is 23.9 Å². The summed E-state index contributed by atoms with van der Waals surface area (Å²) in [6, 6.07) is 15.2. The normalized spacial score (nSPS) is 13.5. The van der Waals surface area contributed by atoms with Crippen LogP contribution in [0.25, 0.3) is 27.9 Å². The molecule has 0 amide bonds. The molecular weight excluding hydrogens is 469 g/mol. The van der Waals surface area contributed by atoms with E-state index in [1.165, 1.54) is 21.3 Å². The lowest BCUT2D eigenvalue weighted by Gasteiger charge is -2.26. The van der Waals surface area contributed by atoms with Gasteiger partial charge in [0, 0.05) is 42.5 Å². The van der Waals surface area contributed by atoms with E-state index >= 15 is 0 Å². The van der Waals surface area contributed by atoms with Crippen molar-refractivity contribution < 1.29 is 14.2 Å². The lowest BCUT2D eigenvalue weighted by molar-refractivity contribution is 0.209. The minimum Gasteiger partial charge on any atom is -0.507 e. The van der Waals surface area contributed by atoms with Crippen molar-refractivity contribution in [3.63, 3.8) is 0 Å². The molecule has 0 unspecified atom stereocenters. The minimum absolute atomic E-state index is 0.0575. The number of aryl methyl sites for hydroxylation is 1. The number of ether oxygens (including phenoxy) is 1. The second-order valence-corrected chi connectivity index (χ2v) is 8.82. The van der Waals surface area contributed by atoms with Gasteiger partial charge in [-0.05, 0) is 54.4 Å². The lowest BCUT2D eigenvalue weighted by atomic mass is 9.96. The number of allylic oxidation sites excluding steroid dienone is 1. The maximum Gasteiger partial charge on any atom is 0.332 e. The van der Waals surface area contributed by atoms with Gasteiger partial charge in [-0.15, -0.1) is 0 Å². The van der Waals surface area contributed by atoms with Crippen molar-refractivity contribution in [3.05, 3.63) is 100 Å². The van der Waals surface area contributed by atoms with Gasteiger partial charge < -0.3 is 19.3 Å². The maximum atomic E-state index is 14.8. The number of halogens is 2. The summed E-state index contributed by atoms with van der Waals surface area (Å²) in [5, 5.41) is 11.5. The van der Waals surface area contributed by atoms with Crippen molar-refractivity contribution >= 4 is 17.3 Å². The molecule has 35 heavy (non-hydrogen) atoms. The monoisotopic (exact) mass is 491 g/mol.